The molecule has 3 heterocycles. The lowest BCUT2D eigenvalue weighted by Gasteiger charge is -2.36. The molecule has 0 atom stereocenters. The van der Waals surface area contributed by atoms with Crippen molar-refractivity contribution in [2.24, 2.45) is 0 Å². The van der Waals surface area contributed by atoms with Crippen LogP contribution in [0.4, 0.5) is 23.0 Å². The molecule has 0 amide bonds. The molecule has 1 aromatic carbocycles. The monoisotopic (exact) mass is 496 g/mol. The summed E-state index contributed by atoms with van der Waals surface area (Å²) < 4.78 is 5.84. The Kier molecular flexibility index (Phi) is 8.49. The molecule has 35 heavy (non-hydrogen) atoms. The van der Waals surface area contributed by atoms with E-state index in [1.165, 1.54) is 5.69 Å². The van der Waals surface area contributed by atoms with Gasteiger partial charge in [0.25, 0.3) is 0 Å². The number of nitrogens with zero attached hydrogens (tertiary/aromatic N) is 5. The summed E-state index contributed by atoms with van der Waals surface area (Å²) in [7, 11) is 4.02. The zero-order chi connectivity index (χ0) is 24.6. The predicted molar refractivity (Wildman–Crippen MR) is 143 cm³/mol. The Morgan fingerprint density at radius 1 is 1.03 bits per heavy atom. The lowest BCUT2D eigenvalue weighted by molar-refractivity contribution is -0.384. The number of piperazine rings is 1. The van der Waals surface area contributed by atoms with Gasteiger partial charge in [0.15, 0.2) is 0 Å². The van der Waals surface area contributed by atoms with E-state index in [-0.39, 0.29) is 10.6 Å². The fraction of sp³-hybridized carbons (Fsp3) is 0.400. The number of para-hydroxylation sites is 1. The molecule has 1 aliphatic heterocycles. The minimum atomic E-state index is -0.380. The van der Waals surface area contributed by atoms with E-state index >= 15 is 0 Å². The van der Waals surface area contributed by atoms with Crippen LogP contribution in [0.15, 0.2) is 59.0 Å². The number of hydrogen-bond donors (Lipinski definition) is 1. The lowest BCUT2D eigenvalue weighted by Crippen LogP contribution is -2.46. The van der Waals surface area contributed by atoms with Gasteiger partial charge >= 0.3 is 5.69 Å². The Bertz CT molecular complexity index is 1100. The average molecular weight is 497 g/mol. The largest absolute Gasteiger partial charge is 0.464 e. The van der Waals surface area contributed by atoms with Crippen LogP contribution in [0.3, 0.4) is 0 Å². The Morgan fingerprint density at radius 3 is 2.46 bits per heavy atom. The van der Waals surface area contributed by atoms with Crippen LogP contribution in [-0.2, 0) is 12.3 Å². The molecule has 0 aliphatic carbocycles. The SMILES string of the molecule is CN(C)Cc1ccc(CSCCNc2nc(N3CCN(c4ccccc4)CC3)ccc2[N+](=O)[O-])o1. The smallest absolute Gasteiger partial charge is 0.311 e. The van der Waals surface area contributed by atoms with Crippen molar-refractivity contribution in [2.45, 2.75) is 12.3 Å². The summed E-state index contributed by atoms with van der Waals surface area (Å²) in [5.74, 6) is 4.52. The molecule has 3 aromatic rings. The minimum absolute atomic E-state index is 0.000957. The van der Waals surface area contributed by atoms with E-state index in [4.69, 9.17) is 4.42 Å². The van der Waals surface area contributed by atoms with Crippen LogP contribution in [0.25, 0.3) is 0 Å². The fourth-order valence-electron chi connectivity index (χ4n) is 4.04. The summed E-state index contributed by atoms with van der Waals surface area (Å²) in [6.07, 6.45) is 0. The van der Waals surface area contributed by atoms with Crippen LogP contribution < -0.4 is 15.1 Å². The highest BCUT2D eigenvalue weighted by molar-refractivity contribution is 7.98. The van der Waals surface area contributed by atoms with Crippen molar-refractivity contribution in [3.63, 3.8) is 0 Å². The van der Waals surface area contributed by atoms with Gasteiger partial charge in [0.05, 0.1) is 17.2 Å². The van der Waals surface area contributed by atoms with Gasteiger partial charge in [-0.05, 0) is 44.4 Å². The number of hydrogen-bond acceptors (Lipinski definition) is 9. The molecule has 4 rings (SSSR count). The molecule has 1 aliphatic rings. The van der Waals surface area contributed by atoms with Crippen molar-refractivity contribution in [1.82, 2.24) is 9.88 Å². The van der Waals surface area contributed by atoms with Gasteiger partial charge in [-0.25, -0.2) is 4.98 Å². The van der Waals surface area contributed by atoms with Crippen molar-refractivity contribution in [3.05, 3.63) is 76.2 Å². The molecule has 9 nitrogen and oxygen atoms in total. The number of nitrogens with one attached hydrogen (secondary N) is 1. The molecule has 0 spiro atoms. The van der Waals surface area contributed by atoms with E-state index in [1.807, 2.05) is 44.4 Å². The predicted octanol–water partition coefficient (Wildman–Crippen LogP) is 4.32. The second-order valence-corrected chi connectivity index (χ2v) is 9.79. The molecular weight excluding hydrogens is 464 g/mol. The first-order chi connectivity index (χ1) is 17.0. The van der Waals surface area contributed by atoms with E-state index in [9.17, 15) is 10.1 Å². The van der Waals surface area contributed by atoms with E-state index in [0.29, 0.717) is 12.4 Å². The normalized spacial score (nSPS) is 13.9. The number of benzene rings is 1. The highest BCUT2D eigenvalue weighted by Crippen LogP contribution is 2.27. The Morgan fingerprint density at radius 2 is 1.74 bits per heavy atom. The molecule has 0 saturated carbocycles. The maximum absolute atomic E-state index is 11.5. The first kappa shape index (κ1) is 24.9. The second kappa shape index (κ2) is 11.9. The number of nitro groups is 1. The van der Waals surface area contributed by atoms with Gasteiger partial charge in [0.1, 0.15) is 17.3 Å². The maximum Gasteiger partial charge on any atom is 0.311 e. The molecule has 1 N–H and O–H groups in total. The number of aromatic nitrogens is 1. The van der Waals surface area contributed by atoms with Gasteiger partial charge < -0.3 is 24.4 Å². The zero-order valence-corrected chi connectivity index (χ0v) is 21.0. The number of rotatable bonds is 11. The van der Waals surface area contributed by atoms with Crippen molar-refractivity contribution in [3.8, 4) is 0 Å². The first-order valence-electron chi connectivity index (χ1n) is 11.7. The maximum atomic E-state index is 11.5. The molecule has 186 valence electrons. The minimum Gasteiger partial charge on any atom is -0.464 e. The third-order valence-corrected chi connectivity index (χ3v) is 6.73. The number of anilines is 3. The van der Waals surface area contributed by atoms with E-state index in [2.05, 4.69) is 37.1 Å². The summed E-state index contributed by atoms with van der Waals surface area (Å²) in [6.45, 7) is 4.74. The molecular formula is C25H32N6O3S. The van der Waals surface area contributed by atoms with Crippen LogP contribution in [-0.4, -0.2) is 67.4 Å². The van der Waals surface area contributed by atoms with E-state index < -0.39 is 0 Å². The number of furan rings is 1. The topological polar surface area (TPSA) is 90.9 Å². The first-order valence-corrected chi connectivity index (χ1v) is 12.9. The standard InChI is InChI=1S/C25H32N6O3S/c1-28(2)18-21-8-9-22(34-21)19-35-17-12-26-25-23(31(32)33)10-11-24(27-25)30-15-13-29(14-16-30)20-6-4-3-5-7-20/h3-11H,12-19H2,1-2H3,(H,26,27). The van der Waals surface area contributed by atoms with Crippen molar-refractivity contribution in [1.29, 1.82) is 0 Å². The Labute approximate surface area is 210 Å². The Balaban J connectivity index is 1.29. The van der Waals surface area contributed by atoms with E-state index in [0.717, 1.165) is 61.6 Å². The molecule has 0 bridgehead atoms. The summed E-state index contributed by atoms with van der Waals surface area (Å²) in [6, 6.07) is 17.7. The average Bonchev–Trinajstić information content (AvgIpc) is 3.30. The molecule has 2 aromatic heterocycles. The van der Waals surface area contributed by atoms with Gasteiger partial charge in [-0.15, -0.1) is 0 Å². The Hall–Kier alpha value is -3.24. The van der Waals surface area contributed by atoms with Crippen molar-refractivity contribution >= 4 is 34.8 Å². The molecule has 1 saturated heterocycles. The lowest BCUT2D eigenvalue weighted by atomic mass is 10.2. The van der Waals surface area contributed by atoms with Crippen molar-refractivity contribution < 1.29 is 9.34 Å². The van der Waals surface area contributed by atoms with Crippen LogP contribution in [0, 0.1) is 10.1 Å². The molecule has 10 heteroatoms. The van der Waals surface area contributed by atoms with Crippen LogP contribution >= 0.6 is 11.8 Å². The zero-order valence-electron chi connectivity index (χ0n) is 20.2. The summed E-state index contributed by atoms with van der Waals surface area (Å²) >= 11 is 1.72. The van der Waals surface area contributed by atoms with Gasteiger partial charge in [-0.3, -0.25) is 10.1 Å². The summed E-state index contributed by atoms with van der Waals surface area (Å²) in [4.78, 5) is 22.4. The number of thioether (sulfide) groups is 1. The van der Waals surface area contributed by atoms with Gasteiger partial charge in [-0.1, -0.05) is 18.2 Å². The van der Waals surface area contributed by atoms with Crippen molar-refractivity contribution in [2.75, 3.05) is 67.7 Å². The molecule has 0 unspecified atom stereocenters. The highest BCUT2D eigenvalue weighted by atomic mass is 32.2. The third-order valence-electron chi connectivity index (χ3n) is 5.75. The van der Waals surface area contributed by atoms with Gasteiger partial charge in [-0.2, -0.15) is 11.8 Å². The highest BCUT2D eigenvalue weighted by Gasteiger charge is 2.22. The third kappa shape index (κ3) is 6.89. The number of pyridine rings is 1. The second-order valence-electron chi connectivity index (χ2n) is 8.69. The molecule has 1 fully saturated rings. The van der Waals surface area contributed by atoms with Gasteiger partial charge in [0.2, 0.25) is 5.82 Å². The van der Waals surface area contributed by atoms with Crippen LogP contribution in [0.2, 0.25) is 0 Å². The van der Waals surface area contributed by atoms with Crippen LogP contribution in [0.1, 0.15) is 11.5 Å². The summed E-state index contributed by atoms with van der Waals surface area (Å²) in [5.41, 5.74) is 1.22. The van der Waals surface area contributed by atoms with Crippen LogP contribution in [0.5, 0.6) is 0 Å². The molecule has 0 radical (unpaired) electrons. The van der Waals surface area contributed by atoms with Gasteiger partial charge in [0, 0.05) is 50.2 Å². The summed E-state index contributed by atoms with van der Waals surface area (Å²) in [5, 5.41) is 14.7. The van der Waals surface area contributed by atoms with E-state index in [1.54, 1.807) is 23.9 Å². The quantitative estimate of drug-likeness (QED) is 0.237. The fourth-order valence-corrected chi connectivity index (χ4v) is 4.79.